The molecule has 10 heteroatoms. The average Bonchev–Trinajstić information content (AvgIpc) is 3.39. The maximum atomic E-state index is 11.8. The third-order valence-electron chi connectivity index (χ3n) is 6.65. The lowest BCUT2D eigenvalue weighted by Gasteiger charge is -2.28. The maximum absolute atomic E-state index is 11.8. The molecule has 192 valence electrons. The van der Waals surface area contributed by atoms with Crippen molar-refractivity contribution in [1.29, 1.82) is 5.26 Å². The lowest BCUT2D eigenvalue weighted by atomic mass is 10.1. The van der Waals surface area contributed by atoms with Crippen molar-refractivity contribution in [3.8, 4) is 23.1 Å². The van der Waals surface area contributed by atoms with Gasteiger partial charge in [0, 0.05) is 43.5 Å². The second-order valence-electron chi connectivity index (χ2n) is 9.27. The van der Waals surface area contributed by atoms with Gasteiger partial charge in [-0.15, -0.1) is 0 Å². The normalized spacial score (nSPS) is 18.5. The molecular formula is C27H29N5O4S. The zero-order valence-electron chi connectivity index (χ0n) is 20.7. The summed E-state index contributed by atoms with van der Waals surface area (Å²) in [4.78, 5) is 11.5. The van der Waals surface area contributed by atoms with E-state index < -0.39 is 10.0 Å². The number of sulfonamides is 1. The van der Waals surface area contributed by atoms with E-state index in [9.17, 15) is 13.7 Å². The molecule has 5 rings (SSSR count). The number of aromatic nitrogens is 2. The molecule has 2 fully saturated rings. The first-order chi connectivity index (χ1) is 17.9. The quantitative estimate of drug-likeness (QED) is 0.469. The molecule has 1 unspecified atom stereocenters. The summed E-state index contributed by atoms with van der Waals surface area (Å²) in [6.45, 7) is 4.02. The molecule has 2 aromatic carbocycles. The predicted octanol–water partition coefficient (Wildman–Crippen LogP) is 2.86. The number of nitriles is 1. The van der Waals surface area contributed by atoms with Crippen molar-refractivity contribution in [2.45, 2.75) is 18.9 Å². The molecule has 2 aliphatic heterocycles. The SMILES string of the molecule is CS(=O)(=O)N1CCC(Oc2ccc(-c3ccnc(Cc4ccc(N5CCOCC5)cc4)n3)cc2C#N)C1. The van der Waals surface area contributed by atoms with Crippen LogP contribution in [0.15, 0.2) is 54.7 Å². The van der Waals surface area contributed by atoms with Gasteiger partial charge in [0.25, 0.3) is 0 Å². The van der Waals surface area contributed by atoms with Crippen LogP contribution in [-0.2, 0) is 21.2 Å². The first-order valence-electron chi connectivity index (χ1n) is 12.3. The minimum atomic E-state index is -3.25. The fourth-order valence-electron chi connectivity index (χ4n) is 4.63. The van der Waals surface area contributed by atoms with Crippen LogP contribution in [0.3, 0.4) is 0 Å². The molecule has 2 saturated heterocycles. The molecule has 3 heterocycles. The van der Waals surface area contributed by atoms with Gasteiger partial charge in [-0.05, 0) is 48.4 Å². The van der Waals surface area contributed by atoms with E-state index in [1.165, 1.54) is 16.2 Å². The molecule has 0 aliphatic carbocycles. The third-order valence-corrected chi connectivity index (χ3v) is 7.92. The molecule has 9 nitrogen and oxygen atoms in total. The Labute approximate surface area is 217 Å². The van der Waals surface area contributed by atoms with Gasteiger partial charge >= 0.3 is 0 Å². The zero-order chi connectivity index (χ0) is 25.8. The average molecular weight is 520 g/mol. The van der Waals surface area contributed by atoms with Gasteiger partial charge in [-0.1, -0.05) is 12.1 Å². The van der Waals surface area contributed by atoms with Crippen LogP contribution in [0.25, 0.3) is 11.3 Å². The first-order valence-corrected chi connectivity index (χ1v) is 14.1. The Bertz CT molecular complexity index is 1400. The lowest BCUT2D eigenvalue weighted by molar-refractivity contribution is 0.122. The lowest BCUT2D eigenvalue weighted by Crippen LogP contribution is -2.36. The second-order valence-corrected chi connectivity index (χ2v) is 11.3. The summed E-state index contributed by atoms with van der Waals surface area (Å²) in [5.74, 6) is 1.14. The highest BCUT2D eigenvalue weighted by atomic mass is 32.2. The van der Waals surface area contributed by atoms with Crippen molar-refractivity contribution >= 4 is 15.7 Å². The topological polar surface area (TPSA) is 109 Å². The molecule has 1 atom stereocenters. The van der Waals surface area contributed by atoms with Crippen LogP contribution < -0.4 is 9.64 Å². The summed E-state index contributed by atoms with van der Waals surface area (Å²) in [6.07, 6.45) is 3.83. The largest absolute Gasteiger partial charge is 0.488 e. The zero-order valence-corrected chi connectivity index (χ0v) is 21.5. The highest BCUT2D eigenvalue weighted by Crippen LogP contribution is 2.28. The van der Waals surface area contributed by atoms with Gasteiger partial charge in [0.2, 0.25) is 10.0 Å². The van der Waals surface area contributed by atoms with Crippen molar-refractivity contribution in [1.82, 2.24) is 14.3 Å². The van der Waals surface area contributed by atoms with Crippen LogP contribution in [0.4, 0.5) is 5.69 Å². The van der Waals surface area contributed by atoms with Gasteiger partial charge in [-0.25, -0.2) is 18.4 Å². The van der Waals surface area contributed by atoms with Gasteiger partial charge in [0.15, 0.2) is 0 Å². The van der Waals surface area contributed by atoms with E-state index >= 15 is 0 Å². The molecule has 0 N–H and O–H groups in total. The van der Waals surface area contributed by atoms with Gasteiger partial charge in [0.1, 0.15) is 23.7 Å². The van der Waals surface area contributed by atoms with Crippen LogP contribution in [0.5, 0.6) is 5.75 Å². The Morgan fingerprint density at radius 2 is 1.89 bits per heavy atom. The minimum Gasteiger partial charge on any atom is -0.488 e. The molecule has 0 radical (unpaired) electrons. The van der Waals surface area contributed by atoms with E-state index in [0.717, 1.165) is 43.1 Å². The second kappa shape index (κ2) is 10.8. The summed E-state index contributed by atoms with van der Waals surface area (Å²) in [6, 6.07) is 17.9. The van der Waals surface area contributed by atoms with E-state index in [1.807, 2.05) is 12.1 Å². The van der Waals surface area contributed by atoms with Crippen molar-refractivity contribution in [3.05, 3.63) is 71.7 Å². The molecule has 37 heavy (non-hydrogen) atoms. The number of ether oxygens (including phenoxy) is 2. The molecule has 1 aromatic heterocycles. The van der Waals surface area contributed by atoms with Gasteiger partial charge in [0.05, 0.1) is 37.3 Å². The van der Waals surface area contributed by atoms with E-state index in [-0.39, 0.29) is 12.6 Å². The Balaban J connectivity index is 1.27. The first kappa shape index (κ1) is 25.1. The summed E-state index contributed by atoms with van der Waals surface area (Å²) in [5.41, 5.74) is 4.21. The van der Waals surface area contributed by atoms with E-state index in [2.05, 4.69) is 40.2 Å². The highest BCUT2D eigenvalue weighted by Gasteiger charge is 2.30. The Kier molecular flexibility index (Phi) is 7.37. The standard InChI is InChI=1S/C27H29N5O4S/c1-37(33,34)32-11-9-24(19-32)36-26-7-4-21(17-22(26)18-28)25-8-10-29-27(30-25)16-20-2-5-23(6-3-20)31-12-14-35-15-13-31/h2-8,10,17,24H,9,11-16,19H2,1H3. The smallest absolute Gasteiger partial charge is 0.211 e. The monoisotopic (exact) mass is 519 g/mol. The van der Waals surface area contributed by atoms with Crippen molar-refractivity contribution in [2.24, 2.45) is 0 Å². The predicted molar refractivity (Wildman–Crippen MR) is 140 cm³/mol. The fraction of sp³-hybridized carbons (Fsp3) is 0.370. The Morgan fingerprint density at radius 3 is 2.59 bits per heavy atom. The molecule has 3 aromatic rings. The molecule has 0 saturated carbocycles. The number of hydrogen-bond donors (Lipinski definition) is 0. The van der Waals surface area contributed by atoms with Crippen molar-refractivity contribution in [3.63, 3.8) is 0 Å². The number of hydrogen-bond acceptors (Lipinski definition) is 8. The highest BCUT2D eigenvalue weighted by molar-refractivity contribution is 7.88. The number of nitrogens with zero attached hydrogens (tertiary/aromatic N) is 5. The fourth-order valence-corrected chi connectivity index (χ4v) is 5.50. The number of anilines is 1. The van der Waals surface area contributed by atoms with Crippen LogP contribution >= 0.6 is 0 Å². The van der Waals surface area contributed by atoms with Gasteiger partial charge in [-0.3, -0.25) is 0 Å². The molecule has 2 aliphatic rings. The number of morpholine rings is 1. The van der Waals surface area contributed by atoms with Gasteiger partial charge < -0.3 is 14.4 Å². The third kappa shape index (κ3) is 6.07. The van der Waals surface area contributed by atoms with Crippen molar-refractivity contribution < 1.29 is 17.9 Å². The summed E-state index contributed by atoms with van der Waals surface area (Å²) in [7, 11) is -3.25. The molecule has 0 bridgehead atoms. The van der Waals surface area contributed by atoms with Crippen LogP contribution in [-0.4, -0.2) is 74.4 Å². The summed E-state index contributed by atoms with van der Waals surface area (Å²) < 4.78 is 36.4. The van der Waals surface area contributed by atoms with E-state index in [1.54, 1.807) is 18.3 Å². The van der Waals surface area contributed by atoms with Crippen LogP contribution in [0.2, 0.25) is 0 Å². The Morgan fingerprint density at radius 1 is 1.11 bits per heavy atom. The number of benzene rings is 2. The van der Waals surface area contributed by atoms with Crippen LogP contribution in [0.1, 0.15) is 23.4 Å². The van der Waals surface area contributed by atoms with Crippen molar-refractivity contribution in [2.75, 3.05) is 50.5 Å². The van der Waals surface area contributed by atoms with E-state index in [4.69, 9.17) is 14.5 Å². The summed E-state index contributed by atoms with van der Waals surface area (Å²) >= 11 is 0. The maximum Gasteiger partial charge on any atom is 0.211 e. The molecule has 0 amide bonds. The van der Waals surface area contributed by atoms with E-state index in [0.29, 0.717) is 36.5 Å². The Hall–Kier alpha value is -3.52. The summed E-state index contributed by atoms with van der Waals surface area (Å²) in [5, 5.41) is 9.73. The molecular weight excluding hydrogens is 490 g/mol. The number of rotatable bonds is 7. The molecule has 0 spiro atoms. The minimum absolute atomic E-state index is 0.284. The van der Waals surface area contributed by atoms with Gasteiger partial charge in [-0.2, -0.15) is 9.57 Å². The van der Waals surface area contributed by atoms with Crippen LogP contribution in [0, 0.1) is 11.3 Å².